The lowest BCUT2D eigenvalue weighted by molar-refractivity contribution is -0.116. The standard InChI is InChI=1S/C17H25BrOS/c1-2-3-4-5-6-7-8-11-15(19)14-20-17-13-10-9-12-16(17)18/h9-10,12-13H,2-8,11,14H2,1H3. The zero-order valence-electron chi connectivity index (χ0n) is 12.4. The molecule has 0 aliphatic rings. The lowest BCUT2D eigenvalue weighted by atomic mass is 10.1. The highest BCUT2D eigenvalue weighted by Crippen LogP contribution is 2.27. The van der Waals surface area contributed by atoms with Crippen LogP contribution in [0, 0.1) is 0 Å². The van der Waals surface area contributed by atoms with Crippen molar-refractivity contribution < 1.29 is 4.79 Å². The van der Waals surface area contributed by atoms with Crippen LogP contribution in [-0.4, -0.2) is 11.5 Å². The van der Waals surface area contributed by atoms with Crippen LogP contribution in [0.1, 0.15) is 58.3 Å². The van der Waals surface area contributed by atoms with Gasteiger partial charge in [-0.05, 0) is 34.5 Å². The Morgan fingerprint density at radius 3 is 2.40 bits per heavy atom. The molecule has 0 heterocycles. The maximum Gasteiger partial charge on any atom is 0.143 e. The zero-order chi connectivity index (χ0) is 14.6. The summed E-state index contributed by atoms with van der Waals surface area (Å²) in [4.78, 5) is 13.0. The summed E-state index contributed by atoms with van der Waals surface area (Å²) < 4.78 is 1.08. The molecule has 0 aromatic heterocycles. The topological polar surface area (TPSA) is 17.1 Å². The minimum Gasteiger partial charge on any atom is -0.299 e. The average Bonchev–Trinajstić information content (AvgIpc) is 2.45. The van der Waals surface area contributed by atoms with Gasteiger partial charge >= 0.3 is 0 Å². The highest BCUT2D eigenvalue weighted by molar-refractivity contribution is 9.10. The van der Waals surface area contributed by atoms with Gasteiger partial charge in [0.2, 0.25) is 0 Å². The van der Waals surface area contributed by atoms with Gasteiger partial charge in [-0.3, -0.25) is 4.79 Å². The van der Waals surface area contributed by atoms with E-state index in [4.69, 9.17) is 0 Å². The number of carbonyl (C=O) groups excluding carboxylic acids is 1. The number of benzene rings is 1. The van der Waals surface area contributed by atoms with Crippen molar-refractivity contribution in [2.24, 2.45) is 0 Å². The average molecular weight is 357 g/mol. The molecule has 0 fully saturated rings. The quantitative estimate of drug-likeness (QED) is 0.344. The van der Waals surface area contributed by atoms with Crippen molar-refractivity contribution in [3.8, 4) is 0 Å². The number of unbranched alkanes of at least 4 members (excludes halogenated alkanes) is 6. The smallest absolute Gasteiger partial charge is 0.143 e. The third kappa shape index (κ3) is 8.11. The van der Waals surface area contributed by atoms with Crippen LogP contribution in [-0.2, 0) is 4.79 Å². The molecule has 0 aliphatic carbocycles. The van der Waals surface area contributed by atoms with E-state index in [2.05, 4.69) is 28.9 Å². The fraction of sp³-hybridized carbons (Fsp3) is 0.588. The van der Waals surface area contributed by atoms with Gasteiger partial charge in [0.15, 0.2) is 0 Å². The van der Waals surface area contributed by atoms with E-state index in [-0.39, 0.29) is 0 Å². The summed E-state index contributed by atoms with van der Waals surface area (Å²) >= 11 is 5.14. The van der Waals surface area contributed by atoms with E-state index < -0.39 is 0 Å². The zero-order valence-corrected chi connectivity index (χ0v) is 14.8. The van der Waals surface area contributed by atoms with Crippen molar-refractivity contribution in [2.75, 3.05) is 5.75 Å². The number of hydrogen-bond donors (Lipinski definition) is 0. The van der Waals surface area contributed by atoms with Gasteiger partial charge in [0, 0.05) is 15.8 Å². The summed E-state index contributed by atoms with van der Waals surface area (Å²) in [6, 6.07) is 8.07. The Morgan fingerprint density at radius 1 is 1.05 bits per heavy atom. The number of thioether (sulfide) groups is 1. The van der Waals surface area contributed by atoms with Gasteiger partial charge < -0.3 is 0 Å². The summed E-state index contributed by atoms with van der Waals surface area (Å²) in [7, 11) is 0. The molecule has 0 radical (unpaired) electrons. The van der Waals surface area contributed by atoms with Crippen LogP contribution >= 0.6 is 27.7 Å². The molecular formula is C17H25BrOS. The molecule has 112 valence electrons. The molecule has 20 heavy (non-hydrogen) atoms. The summed E-state index contributed by atoms with van der Waals surface area (Å²) in [5, 5.41) is 0. The molecule has 1 aromatic carbocycles. The second-order valence-electron chi connectivity index (χ2n) is 5.13. The second kappa shape index (κ2) is 11.4. The van der Waals surface area contributed by atoms with Crippen molar-refractivity contribution in [2.45, 2.75) is 63.2 Å². The van der Waals surface area contributed by atoms with E-state index in [1.165, 1.54) is 38.5 Å². The molecule has 0 amide bonds. The molecule has 0 atom stereocenters. The van der Waals surface area contributed by atoms with Gasteiger partial charge in [-0.15, -0.1) is 11.8 Å². The van der Waals surface area contributed by atoms with Crippen molar-refractivity contribution >= 4 is 33.5 Å². The summed E-state index contributed by atoms with van der Waals surface area (Å²) in [6.07, 6.45) is 9.61. The predicted octanol–water partition coefficient (Wildman–Crippen LogP) is 6.25. The van der Waals surface area contributed by atoms with Crippen molar-refractivity contribution in [1.29, 1.82) is 0 Å². The minimum atomic E-state index is 0.374. The van der Waals surface area contributed by atoms with Crippen molar-refractivity contribution in [3.05, 3.63) is 28.7 Å². The molecule has 0 saturated heterocycles. The number of Topliss-reactive ketones (excluding diaryl/α,β-unsaturated/α-hetero) is 1. The molecule has 0 aliphatic heterocycles. The van der Waals surface area contributed by atoms with Crippen LogP contribution < -0.4 is 0 Å². The SMILES string of the molecule is CCCCCCCCCC(=O)CSc1ccccc1Br. The van der Waals surface area contributed by atoms with Crippen LogP contribution in [0.4, 0.5) is 0 Å². The molecule has 3 heteroatoms. The lowest BCUT2D eigenvalue weighted by Gasteiger charge is -2.04. The first-order valence-corrected chi connectivity index (χ1v) is 9.41. The van der Waals surface area contributed by atoms with Crippen LogP contribution in [0.3, 0.4) is 0 Å². The van der Waals surface area contributed by atoms with Gasteiger partial charge in [0.05, 0.1) is 5.75 Å². The fourth-order valence-corrected chi connectivity index (χ4v) is 3.54. The molecule has 1 aromatic rings. The van der Waals surface area contributed by atoms with E-state index in [1.807, 2.05) is 18.2 Å². The molecule has 0 spiro atoms. The first-order chi connectivity index (χ1) is 9.74. The number of halogens is 1. The Labute approximate surface area is 136 Å². The molecular weight excluding hydrogens is 332 g/mol. The summed E-state index contributed by atoms with van der Waals surface area (Å²) in [5.74, 6) is 0.970. The number of ketones is 1. The summed E-state index contributed by atoms with van der Waals surface area (Å²) in [5.41, 5.74) is 0. The maximum absolute atomic E-state index is 11.8. The van der Waals surface area contributed by atoms with E-state index in [1.54, 1.807) is 11.8 Å². The van der Waals surface area contributed by atoms with Crippen LogP contribution in [0.25, 0.3) is 0 Å². The van der Waals surface area contributed by atoms with E-state index in [0.717, 1.165) is 22.2 Å². The van der Waals surface area contributed by atoms with Crippen LogP contribution in [0.2, 0.25) is 0 Å². The van der Waals surface area contributed by atoms with E-state index in [9.17, 15) is 4.79 Å². The highest BCUT2D eigenvalue weighted by atomic mass is 79.9. The molecule has 0 unspecified atom stereocenters. The molecule has 0 N–H and O–H groups in total. The molecule has 0 saturated carbocycles. The molecule has 0 bridgehead atoms. The number of hydrogen-bond acceptors (Lipinski definition) is 2. The predicted molar refractivity (Wildman–Crippen MR) is 92.5 cm³/mol. The highest BCUT2D eigenvalue weighted by Gasteiger charge is 2.05. The van der Waals surface area contributed by atoms with Gasteiger partial charge in [-0.2, -0.15) is 0 Å². The maximum atomic E-state index is 11.8. The third-order valence-electron chi connectivity index (χ3n) is 3.28. The molecule has 1 nitrogen and oxygen atoms in total. The Kier molecular flexibility index (Phi) is 10.1. The fourth-order valence-electron chi connectivity index (χ4n) is 2.07. The Hall–Kier alpha value is -0.280. The normalized spacial score (nSPS) is 10.7. The Morgan fingerprint density at radius 2 is 1.70 bits per heavy atom. The van der Waals surface area contributed by atoms with Crippen LogP contribution in [0.15, 0.2) is 33.6 Å². The largest absolute Gasteiger partial charge is 0.299 e. The first-order valence-electron chi connectivity index (χ1n) is 7.63. The monoisotopic (exact) mass is 356 g/mol. The molecule has 1 rings (SSSR count). The van der Waals surface area contributed by atoms with Crippen molar-refractivity contribution in [1.82, 2.24) is 0 Å². The first kappa shape index (κ1) is 17.8. The Balaban J connectivity index is 2.05. The summed E-state index contributed by atoms with van der Waals surface area (Å²) in [6.45, 7) is 2.24. The lowest BCUT2D eigenvalue weighted by Crippen LogP contribution is -2.01. The van der Waals surface area contributed by atoms with Gasteiger partial charge in [0.25, 0.3) is 0 Å². The third-order valence-corrected chi connectivity index (χ3v) is 5.37. The number of rotatable bonds is 11. The van der Waals surface area contributed by atoms with E-state index in [0.29, 0.717) is 11.5 Å². The van der Waals surface area contributed by atoms with Crippen LogP contribution in [0.5, 0.6) is 0 Å². The van der Waals surface area contributed by atoms with Gasteiger partial charge in [0.1, 0.15) is 5.78 Å². The van der Waals surface area contributed by atoms with Gasteiger partial charge in [-0.25, -0.2) is 0 Å². The minimum absolute atomic E-state index is 0.374. The van der Waals surface area contributed by atoms with Crippen molar-refractivity contribution in [3.63, 3.8) is 0 Å². The van der Waals surface area contributed by atoms with Gasteiger partial charge in [-0.1, -0.05) is 57.6 Å². The number of carbonyl (C=O) groups is 1. The Bertz CT molecular complexity index is 392. The van der Waals surface area contributed by atoms with E-state index >= 15 is 0 Å². The second-order valence-corrected chi connectivity index (χ2v) is 7.00.